The molecule has 0 aromatic heterocycles. The molecule has 0 radical (unpaired) electrons. The van der Waals surface area contributed by atoms with Gasteiger partial charge in [-0.1, -0.05) is 42.5 Å². The molecule has 3 heteroatoms. The van der Waals surface area contributed by atoms with Crippen LogP contribution in [0.1, 0.15) is 21.5 Å². The standard InChI is InChI=1S/C20H16O3/c1-14-13-16(21)11-12-18(14)23-19-10-6-5-9-17(19)20(22)15-7-3-2-4-8-15/h2-13,21H,1H3. The minimum absolute atomic E-state index is 0.0855. The maximum atomic E-state index is 12.7. The summed E-state index contributed by atoms with van der Waals surface area (Å²) in [6.07, 6.45) is 0. The molecule has 0 bridgehead atoms. The Labute approximate surface area is 134 Å². The van der Waals surface area contributed by atoms with Crippen molar-refractivity contribution < 1.29 is 14.6 Å². The van der Waals surface area contributed by atoms with Crippen LogP contribution in [0.2, 0.25) is 0 Å². The predicted octanol–water partition coefficient (Wildman–Crippen LogP) is 4.72. The van der Waals surface area contributed by atoms with Crippen LogP contribution < -0.4 is 4.74 Å². The summed E-state index contributed by atoms with van der Waals surface area (Å²) in [6, 6.07) is 21.1. The number of aryl methyl sites for hydroxylation is 1. The molecule has 0 fully saturated rings. The highest BCUT2D eigenvalue weighted by Crippen LogP contribution is 2.30. The Kier molecular flexibility index (Phi) is 4.11. The number of ether oxygens (including phenoxy) is 1. The zero-order valence-electron chi connectivity index (χ0n) is 12.7. The van der Waals surface area contributed by atoms with Crippen molar-refractivity contribution in [3.8, 4) is 17.2 Å². The number of aromatic hydroxyl groups is 1. The lowest BCUT2D eigenvalue weighted by Crippen LogP contribution is -2.03. The van der Waals surface area contributed by atoms with Crippen LogP contribution in [0.25, 0.3) is 0 Å². The monoisotopic (exact) mass is 304 g/mol. The summed E-state index contributed by atoms with van der Waals surface area (Å²) in [5.74, 6) is 1.20. The summed E-state index contributed by atoms with van der Waals surface area (Å²) in [5.41, 5.74) is 1.92. The minimum atomic E-state index is -0.0855. The molecular formula is C20H16O3. The molecule has 0 aliphatic rings. The van der Waals surface area contributed by atoms with Crippen molar-refractivity contribution in [1.82, 2.24) is 0 Å². The van der Waals surface area contributed by atoms with Crippen molar-refractivity contribution in [3.63, 3.8) is 0 Å². The van der Waals surface area contributed by atoms with Crippen LogP contribution in [-0.2, 0) is 0 Å². The Hall–Kier alpha value is -3.07. The van der Waals surface area contributed by atoms with E-state index in [0.717, 1.165) is 5.56 Å². The zero-order chi connectivity index (χ0) is 16.2. The van der Waals surface area contributed by atoms with Gasteiger partial charge in [-0.05, 0) is 42.8 Å². The van der Waals surface area contributed by atoms with Gasteiger partial charge >= 0.3 is 0 Å². The van der Waals surface area contributed by atoms with Crippen molar-refractivity contribution in [2.24, 2.45) is 0 Å². The first-order chi connectivity index (χ1) is 11.1. The highest BCUT2D eigenvalue weighted by atomic mass is 16.5. The molecule has 0 aliphatic heterocycles. The summed E-state index contributed by atoms with van der Waals surface area (Å²) >= 11 is 0. The smallest absolute Gasteiger partial charge is 0.196 e. The van der Waals surface area contributed by atoms with Gasteiger partial charge in [-0.15, -0.1) is 0 Å². The summed E-state index contributed by atoms with van der Waals surface area (Å²) < 4.78 is 5.91. The SMILES string of the molecule is Cc1cc(O)ccc1Oc1ccccc1C(=O)c1ccccc1. The van der Waals surface area contributed by atoms with Gasteiger partial charge in [0.1, 0.15) is 17.2 Å². The molecule has 0 unspecified atom stereocenters. The van der Waals surface area contributed by atoms with Gasteiger partial charge in [-0.25, -0.2) is 0 Å². The van der Waals surface area contributed by atoms with E-state index in [0.29, 0.717) is 22.6 Å². The van der Waals surface area contributed by atoms with Gasteiger partial charge in [0.25, 0.3) is 0 Å². The maximum Gasteiger partial charge on any atom is 0.196 e. The van der Waals surface area contributed by atoms with Crippen molar-refractivity contribution in [2.45, 2.75) is 6.92 Å². The average molecular weight is 304 g/mol. The lowest BCUT2D eigenvalue weighted by molar-refractivity contribution is 0.103. The van der Waals surface area contributed by atoms with E-state index in [1.165, 1.54) is 0 Å². The van der Waals surface area contributed by atoms with Gasteiger partial charge in [0.05, 0.1) is 5.56 Å². The minimum Gasteiger partial charge on any atom is -0.508 e. The Morgan fingerprint density at radius 2 is 1.57 bits per heavy atom. The quantitative estimate of drug-likeness (QED) is 0.709. The number of benzene rings is 3. The van der Waals surface area contributed by atoms with E-state index in [-0.39, 0.29) is 11.5 Å². The highest BCUT2D eigenvalue weighted by Gasteiger charge is 2.15. The number of phenols is 1. The fourth-order valence-electron chi connectivity index (χ4n) is 2.35. The number of para-hydroxylation sites is 1. The number of phenolic OH excluding ortho intramolecular Hbond substituents is 1. The first-order valence-corrected chi connectivity index (χ1v) is 7.31. The molecule has 3 nitrogen and oxygen atoms in total. The van der Waals surface area contributed by atoms with Crippen LogP contribution in [0, 0.1) is 6.92 Å². The largest absolute Gasteiger partial charge is 0.508 e. The Balaban J connectivity index is 1.97. The first-order valence-electron chi connectivity index (χ1n) is 7.31. The number of hydrogen-bond acceptors (Lipinski definition) is 3. The maximum absolute atomic E-state index is 12.7. The highest BCUT2D eigenvalue weighted by molar-refractivity contribution is 6.10. The summed E-state index contributed by atoms with van der Waals surface area (Å²) in [6.45, 7) is 1.84. The molecule has 1 N–H and O–H groups in total. The van der Waals surface area contributed by atoms with E-state index in [4.69, 9.17) is 4.74 Å². The third kappa shape index (κ3) is 3.24. The van der Waals surface area contributed by atoms with Crippen LogP contribution in [0.5, 0.6) is 17.2 Å². The number of rotatable bonds is 4. The molecule has 0 spiro atoms. The fraction of sp³-hybridized carbons (Fsp3) is 0.0500. The van der Waals surface area contributed by atoms with Crippen LogP contribution >= 0.6 is 0 Å². The predicted molar refractivity (Wildman–Crippen MR) is 89.2 cm³/mol. The molecular weight excluding hydrogens is 288 g/mol. The Bertz CT molecular complexity index is 839. The topological polar surface area (TPSA) is 46.5 Å². The van der Waals surface area contributed by atoms with E-state index in [1.54, 1.807) is 42.5 Å². The molecule has 0 heterocycles. The van der Waals surface area contributed by atoms with Crippen molar-refractivity contribution in [2.75, 3.05) is 0 Å². The van der Waals surface area contributed by atoms with Crippen molar-refractivity contribution >= 4 is 5.78 Å². The van der Waals surface area contributed by atoms with Crippen LogP contribution in [0.3, 0.4) is 0 Å². The van der Waals surface area contributed by atoms with E-state index in [2.05, 4.69) is 0 Å². The third-order valence-corrected chi connectivity index (χ3v) is 3.55. The van der Waals surface area contributed by atoms with Crippen molar-refractivity contribution in [1.29, 1.82) is 0 Å². The number of carbonyl (C=O) groups excluding carboxylic acids is 1. The van der Waals surface area contributed by atoms with E-state index < -0.39 is 0 Å². The van der Waals surface area contributed by atoms with Gasteiger partial charge in [0.2, 0.25) is 0 Å². The molecule has 114 valence electrons. The summed E-state index contributed by atoms with van der Waals surface area (Å²) in [4.78, 5) is 12.7. The number of ketones is 1. The molecule has 0 amide bonds. The Morgan fingerprint density at radius 3 is 2.30 bits per heavy atom. The number of hydrogen-bond donors (Lipinski definition) is 1. The van der Waals surface area contributed by atoms with Crippen molar-refractivity contribution in [3.05, 3.63) is 89.5 Å². The number of carbonyl (C=O) groups is 1. The molecule has 3 rings (SSSR count). The zero-order valence-corrected chi connectivity index (χ0v) is 12.7. The van der Waals surface area contributed by atoms with Crippen LogP contribution in [0.15, 0.2) is 72.8 Å². The fourth-order valence-corrected chi connectivity index (χ4v) is 2.35. The van der Waals surface area contributed by atoms with E-state index >= 15 is 0 Å². The van der Waals surface area contributed by atoms with E-state index in [1.807, 2.05) is 37.3 Å². The summed E-state index contributed by atoms with van der Waals surface area (Å²) in [5, 5.41) is 9.49. The third-order valence-electron chi connectivity index (χ3n) is 3.55. The Morgan fingerprint density at radius 1 is 0.870 bits per heavy atom. The lowest BCUT2D eigenvalue weighted by atomic mass is 10.0. The molecule has 0 atom stereocenters. The molecule has 23 heavy (non-hydrogen) atoms. The summed E-state index contributed by atoms with van der Waals surface area (Å²) in [7, 11) is 0. The molecule has 3 aromatic carbocycles. The normalized spacial score (nSPS) is 10.3. The van der Waals surface area contributed by atoms with E-state index in [9.17, 15) is 9.90 Å². The first kappa shape index (κ1) is 14.9. The second-order valence-electron chi connectivity index (χ2n) is 5.24. The van der Waals surface area contributed by atoms with Crippen LogP contribution in [0.4, 0.5) is 0 Å². The lowest BCUT2D eigenvalue weighted by Gasteiger charge is -2.12. The van der Waals surface area contributed by atoms with Gasteiger partial charge in [0, 0.05) is 5.56 Å². The van der Waals surface area contributed by atoms with Crippen LogP contribution in [-0.4, -0.2) is 10.9 Å². The molecule has 3 aromatic rings. The molecule has 0 saturated heterocycles. The van der Waals surface area contributed by atoms with Gasteiger partial charge in [-0.3, -0.25) is 4.79 Å². The molecule has 0 aliphatic carbocycles. The average Bonchev–Trinajstić information content (AvgIpc) is 2.58. The second kappa shape index (κ2) is 6.36. The van der Waals surface area contributed by atoms with Gasteiger partial charge < -0.3 is 9.84 Å². The van der Waals surface area contributed by atoms with Gasteiger partial charge in [0.15, 0.2) is 5.78 Å². The second-order valence-corrected chi connectivity index (χ2v) is 5.24. The van der Waals surface area contributed by atoms with Gasteiger partial charge in [-0.2, -0.15) is 0 Å². The molecule has 0 saturated carbocycles.